The average Bonchev–Trinajstić information content (AvgIpc) is 2.67. The summed E-state index contributed by atoms with van der Waals surface area (Å²) in [5.41, 5.74) is 3.25. The zero-order valence-electron chi connectivity index (χ0n) is 15.5. The predicted octanol–water partition coefficient (Wildman–Crippen LogP) is 4.71. The van der Waals surface area contributed by atoms with E-state index in [9.17, 15) is 0 Å². The van der Waals surface area contributed by atoms with Crippen LogP contribution in [0.3, 0.4) is 0 Å². The van der Waals surface area contributed by atoms with Gasteiger partial charge in [-0.2, -0.15) is 4.98 Å². The fourth-order valence-corrected chi connectivity index (χ4v) is 2.81. The molecule has 140 valence electrons. The Balaban J connectivity index is 1.56. The molecule has 0 spiro atoms. The van der Waals surface area contributed by atoms with Gasteiger partial charge < -0.3 is 15.4 Å². The first kappa shape index (κ1) is 19.0. The van der Waals surface area contributed by atoms with Crippen LogP contribution in [0.25, 0.3) is 0 Å². The van der Waals surface area contributed by atoms with E-state index in [1.807, 2.05) is 55.5 Å². The fourth-order valence-electron chi connectivity index (χ4n) is 2.68. The van der Waals surface area contributed by atoms with Crippen LogP contribution in [0.1, 0.15) is 16.8 Å². The van der Waals surface area contributed by atoms with Crippen LogP contribution in [-0.2, 0) is 13.0 Å². The minimum absolute atomic E-state index is 0.605. The molecule has 5 nitrogen and oxygen atoms in total. The summed E-state index contributed by atoms with van der Waals surface area (Å²) in [5.74, 6) is 2.29. The molecule has 0 bridgehead atoms. The van der Waals surface area contributed by atoms with Crippen molar-refractivity contribution >= 4 is 23.4 Å². The van der Waals surface area contributed by atoms with Gasteiger partial charge >= 0.3 is 0 Å². The molecule has 0 saturated carbocycles. The van der Waals surface area contributed by atoms with Gasteiger partial charge in [-0.25, -0.2) is 4.98 Å². The average molecular weight is 383 g/mol. The molecule has 0 aliphatic carbocycles. The zero-order chi connectivity index (χ0) is 19.1. The SMILES string of the molecule is COc1cccc(CCNc2cc(C)nc(NCc3ccc(Cl)cc3)n2)c1. The summed E-state index contributed by atoms with van der Waals surface area (Å²) < 4.78 is 5.26. The lowest BCUT2D eigenvalue weighted by Crippen LogP contribution is -2.10. The van der Waals surface area contributed by atoms with Crippen molar-refractivity contribution in [3.05, 3.63) is 76.4 Å². The monoisotopic (exact) mass is 382 g/mol. The van der Waals surface area contributed by atoms with Crippen molar-refractivity contribution in [1.29, 1.82) is 0 Å². The van der Waals surface area contributed by atoms with Crippen molar-refractivity contribution in [3.8, 4) is 5.75 Å². The van der Waals surface area contributed by atoms with Gasteiger partial charge in [0.1, 0.15) is 11.6 Å². The summed E-state index contributed by atoms with van der Waals surface area (Å²) in [6, 6.07) is 17.8. The number of nitrogens with one attached hydrogen (secondary N) is 2. The lowest BCUT2D eigenvalue weighted by molar-refractivity contribution is 0.414. The van der Waals surface area contributed by atoms with Crippen LogP contribution < -0.4 is 15.4 Å². The number of aryl methyl sites for hydroxylation is 1. The lowest BCUT2D eigenvalue weighted by atomic mass is 10.1. The van der Waals surface area contributed by atoms with Crippen molar-refractivity contribution in [2.24, 2.45) is 0 Å². The van der Waals surface area contributed by atoms with Crippen LogP contribution in [-0.4, -0.2) is 23.6 Å². The van der Waals surface area contributed by atoms with Gasteiger partial charge in [-0.3, -0.25) is 0 Å². The van der Waals surface area contributed by atoms with Gasteiger partial charge in [0.25, 0.3) is 0 Å². The van der Waals surface area contributed by atoms with E-state index in [1.165, 1.54) is 5.56 Å². The molecule has 0 aliphatic heterocycles. The molecule has 27 heavy (non-hydrogen) atoms. The molecule has 1 aromatic heterocycles. The molecule has 2 aromatic carbocycles. The Labute approximate surface area is 164 Å². The highest BCUT2D eigenvalue weighted by Crippen LogP contribution is 2.15. The van der Waals surface area contributed by atoms with E-state index in [-0.39, 0.29) is 0 Å². The number of hydrogen-bond acceptors (Lipinski definition) is 5. The summed E-state index contributed by atoms with van der Waals surface area (Å²) in [4.78, 5) is 9.00. The molecular formula is C21H23ClN4O. The fraction of sp³-hybridized carbons (Fsp3) is 0.238. The van der Waals surface area contributed by atoms with Crippen LogP contribution in [0.2, 0.25) is 5.02 Å². The molecule has 0 saturated heterocycles. The number of halogens is 1. The first-order valence-corrected chi connectivity index (χ1v) is 9.21. The minimum atomic E-state index is 0.605. The minimum Gasteiger partial charge on any atom is -0.497 e. The van der Waals surface area contributed by atoms with Crippen molar-refractivity contribution in [1.82, 2.24) is 9.97 Å². The standard InChI is InChI=1S/C21H23ClN4O/c1-15-12-20(23-11-10-16-4-3-5-19(13-16)27-2)26-21(25-15)24-14-17-6-8-18(22)9-7-17/h3-9,12-13H,10-11,14H2,1-2H3,(H2,23,24,25,26). The van der Waals surface area contributed by atoms with Gasteiger partial charge in [0.05, 0.1) is 7.11 Å². The van der Waals surface area contributed by atoms with E-state index in [4.69, 9.17) is 16.3 Å². The van der Waals surface area contributed by atoms with Gasteiger partial charge in [-0.05, 0) is 48.7 Å². The summed E-state index contributed by atoms with van der Waals surface area (Å²) in [7, 11) is 1.68. The molecule has 3 aromatic rings. The van der Waals surface area contributed by atoms with Gasteiger partial charge in [0.2, 0.25) is 5.95 Å². The Morgan fingerprint density at radius 3 is 2.56 bits per heavy atom. The Hall–Kier alpha value is -2.79. The van der Waals surface area contributed by atoms with E-state index in [1.54, 1.807) is 7.11 Å². The third-order valence-electron chi connectivity index (χ3n) is 4.07. The third-order valence-corrected chi connectivity index (χ3v) is 4.32. The Bertz CT molecular complexity index is 884. The number of hydrogen-bond donors (Lipinski definition) is 2. The number of aromatic nitrogens is 2. The molecule has 0 amide bonds. The maximum atomic E-state index is 5.92. The number of benzene rings is 2. The lowest BCUT2D eigenvalue weighted by Gasteiger charge is -2.10. The summed E-state index contributed by atoms with van der Waals surface area (Å²) >= 11 is 5.92. The quantitative estimate of drug-likeness (QED) is 0.590. The first-order chi connectivity index (χ1) is 13.1. The van der Waals surface area contributed by atoms with Gasteiger partial charge in [-0.15, -0.1) is 0 Å². The zero-order valence-corrected chi connectivity index (χ0v) is 16.3. The molecule has 0 radical (unpaired) electrons. The Kier molecular flexibility index (Phi) is 6.49. The smallest absolute Gasteiger partial charge is 0.225 e. The second kappa shape index (κ2) is 9.24. The van der Waals surface area contributed by atoms with Crippen molar-refractivity contribution in [2.75, 3.05) is 24.3 Å². The molecule has 0 atom stereocenters. The molecule has 0 aliphatic rings. The molecular weight excluding hydrogens is 360 g/mol. The van der Waals surface area contributed by atoms with E-state index in [0.29, 0.717) is 12.5 Å². The summed E-state index contributed by atoms with van der Waals surface area (Å²) in [6.45, 7) is 3.38. The number of rotatable bonds is 8. The molecule has 3 rings (SSSR count). The number of methoxy groups -OCH3 is 1. The van der Waals surface area contributed by atoms with E-state index < -0.39 is 0 Å². The summed E-state index contributed by atoms with van der Waals surface area (Å²) in [5, 5.41) is 7.36. The van der Waals surface area contributed by atoms with Gasteiger partial charge in [0, 0.05) is 29.9 Å². The summed E-state index contributed by atoms with van der Waals surface area (Å²) in [6.07, 6.45) is 0.883. The van der Waals surface area contributed by atoms with Crippen LogP contribution in [0.4, 0.5) is 11.8 Å². The number of ether oxygens (including phenoxy) is 1. The molecule has 1 heterocycles. The molecule has 2 N–H and O–H groups in total. The third kappa shape index (κ3) is 5.86. The first-order valence-electron chi connectivity index (χ1n) is 8.83. The van der Waals surface area contributed by atoms with Crippen molar-refractivity contribution in [3.63, 3.8) is 0 Å². The van der Waals surface area contributed by atoms with Gasteiger partial charge in [-0.1, -0.05) is 35.9 Å². The van der Waals surface area contributed by atoms with Crippen LogP contribution >= 0.6 is 11.6 Å². The van der Waals surface area contributed by atoms with Crippen LogP contribution in [0.15, 0.2) is 54.6 Å². The molecule has 0 unspecified atom stereocenters. The van der Waals surface area contributed by atoms with E-state index >= 15 is 0 Å². The van der Waals surface area contributed by atoms with Crippen molar-refractivity contribution < 1.29 is 4.74 Å². The highest BCUT2D eigenvalue weighted by Gasteiger charge is 2.03. The molecule has 0 fully saturated rings. The Morgan fingerprint density at radius 2 is 1.78 bits per heavy atom. The van der Waals surface area contributed by atoms with Crippen LogP contribution in [0, 0.1) is 6.92 Å². The Morgan fingerprint density at radius 1 is 0.963 bits per heavy atom. The van der Waals surface area contributed by atoms with Crippen LogP contribution in [0.5, 0.6) is 5.75 Å². The second-order valence-electron chi connectivity index (χ2n) is 6.23. The largest absolute Gasteiger partial charge is 0.497 e. The molecule has 6 heteroatoms. The maximum absolute atomic E-state index is 5.92. The van der Waals surface area contributed by atoms with Crippen molar-refractivity contribution in [2.45, 2.75) is 19.9 Å². The topological polar surface area (TPSA) is 59.1 Å². The highest BCUT2D eigenvalue weighted by molar-refractivity contribution is 6.30. The van der Waals surface area contributed by atoms with Gasteiger partial charge in [0.15, 0.2) is 0 Å². The maximum Gasteiger partial charge on any atom is 0.225 e. The highest BCUT2D eigenvalue weighted by atomic mass is 35.5. The van der Waals surface area contributed by atoms with E-state index in [2.05, 4.69) is 26.7 Å². The normalized spacial score (nSPS) is 10.5. The number of anilines is 2. The predicted molar refractivity (Wildman–Crippen MR) is 111 cm³/mol. The number of nitrogens with zero attached hydrogens (tertiary/aromatic N) is 2. The van der Waals surface area contributed by atoms with E-state index in [0.717, 1.165) is 40.8 Å². The second-order valence-corrected chi connectivity index (χ2v) is 6.66.